The summed E-state index contributed by atoms with van der Waals surface area (Å²) in [6.45, 7) is 7.85. The number of hydrogen-bond acceptors (Lipinski definition) is 4. The number of carbonyl (C=O) groups excluding carboxylic acids is 1. The summed E-state index contributed by atoms with van der Waals surface area (Å²) in [7, 11) is 0. The van der Waals surface area contributed by atoms with E-state index in [0.717, 1.165) is 22.4 Å². The molecule has 0 spiro atoms. The molecule has 0 bridgehead atoms. The maximum atomic E-state index is 11.6. The Balaban J connectivity index is 2.25. The van der Waals surface area contributed by atoms with Crippen LogP contribution in [-0.4, -0.2) is 27.1 Å². The molecule has 2 aromatic rings. The number of nitrogens with zero attached hydrogens (tertiary/aromatic N) is 1. The first-order chi connectivity index (χ1) is 12.2. The first kappa shape index (κ1) is 19.4. The van der Waals surface area contributed by atoms with Crippen molar-refractivity contribution in [3.8, 4) is 5.75 Å². The lowest BCUT2D eigenvalue weighted by atomic mass is 9.97. The van der Waals surface area contributed by atoms with Crippen LogP contribution in [0.15, 0.2) is 24.3 Å². The van der Waals surface area contributed by atoms with Gasteiger partial charge in [0.15, 0.2) is 0 Å². The summed E-state index contributed by atoms with van der Waals surface area (Å²) in [5, 5.41) is 21.2. The molecule has 1 aromatic heterocycles. The van der Waals surface area contributed by atoms with E-state index in [1.54, 1.807) is 6.07 Å². The Morgan fingerprint density at radius 3 is 2.31 bits per heavy atom. The lowest BCUT2D eigenvalue weighted by Crippen LogP contribution is -2.16. The van der Waals surface area contributed by atoms with Gasteiger partial charge in [0.2, 0.25) is 5.91 Å². The molecule has 26 heavy (non-hydrogen) atoms. The molecule has 3 N–H and O–H groups in total. The molecule has 1 amide bonds. The van der Waals surface area contributed by atoms with Crippen molar-refractivity contribution in [2.24, 2.45) is 0 Å². The molecule has 0 saturated heterocycles. The summed E-state index contributed by atoms with van der Waals surface area (Å²) >= 11 is 0. The highest BCUT2D eigenvalue weighted by atomic mass is 16.4. The highest BCUT2D eigenvalue weighted by Gasteiger charge is 2.13. The minimum absolute atomic E-state index is 0.129. The molecule has 2 rings (SSSR count). The number of amides is 1. The summed E-state index contributed by atoms with van der Waals surface area (Å²) in [5.74, 6) is -1.38. The predicted molar refractivity (Wildman–Crippen MR) is 99.6 cm³/mol. The number of aryl methyl sites for hydroxylation is 2. The zero-order valence-corrected chi connectivity index (χ0v) is 15.5. The largest absolute Gasteiger partial charge is 0.506 e. The summed E-state index contributed by atoms with van der Waals surface area (Å²) in [4.78, 5) is 26.8. The number of carbonyl (C=O) groups is 2. The van der Waals surface area contributed by atoms with Crippen LogP contribution in [0.2, 0.25) is 0 Å². The van der Waals surface area contributed by atoms with E-state index in [-0.39, 0.29) is 11.7 Å². The van der Waals surface area contributed by atoms with Gasteiger partial charge >= 0.3 is 5.97 Å². The maximum absolute atomic E-state index is 11.6. The summed E-state index contributed by atoms with van der Waals surface area (Å²) < 4.78 is 0. The van der Waals surface area contributed by atoms with Crippen LogP contribution >= 0.6 is 0 Å². The molecule has 0 atom stereocenters. The van der Waals surface area contributed by atoms with Gasteiger partial charge < -0.3 is 15.5 Å². The average molecular weight is 356 g/mol. The number of anilines is 1. The third kappa shape index (κ3) is 4.81. The van der Waals surface area contributed by atoms with Crippen LogP contribution in [0.5, 0.6) is 5.75 Å². The van der Waals surface area contributed by atoms with Crippen molar-refractivity contribution >= 4 is 17.6 Å². The number of nitrogens with one attached hydrogen (secondary N) is 1. The average Bonchev–Trinajstić information content (AvgIpc) is 2.51. The fraction of sp³-hybridized carbons (Fsp3) is 0.350. The quantitative estimate of drug-likeness (QED) is 0.688. The van der Waals surface area contributed by atoms with Gasteiger partial charge in [-0.15, -0.1) is 0 Å². The molecular formula is C20H24N2O4. The highest BCUT2D eigenvalue weighted by Crippen LogP contribution is 2.26. The Morgan fingerprint density at radius 2 is 1.77 bits per heavy atom. The van der Waals surface area contributed by atoms with Gasteiger partial charge in [0.25, 0.3) is 0 Å². The molecule has 1 heterocycles. The fourth-order valence-corrected chi connectivity index (χ4v) is 2.90. The van der Waals surface area contributed by atoms with Crippen molar-refractivity contribution in [2.75, 3.05) is 5.32 Å². The zero-order chi connectivity index (χ0) is 19.4. The normalized spacial score (nSPS) is 10.8. The minimum atomic E-state index is -1.16. The Kier molecular flexibility index (Phi) is 5.97. The van der Waals surface area contributed by atoms with Crippen molar-refractivity contribution in [2.45, 2.75) is 46.5 Å². The Labute approximate surface area is 152 Å². The molecule has 6 nitrogen and oxygen atoms in total. The lowest BCUT2D eigenvalue weighted by Gasteiger charge is -2.14. The molecule has 0 saturated carbocycles. The predicted octanol–water partition coefficient (Wildman–Crippen LogP) is 3.53. The van der Waals surface area contributed by atoms with Crippen molar-refractivity contribution in [3.05, 3.63) is 52.3 Å². The molecule has 0 aliphatic carbocycles. The standard InChI is InChI=1S/C20H24N2O4/c1-11(2)20-17(23)6-5-14(22-20)9-16-12(3)7-15(8-13(16)4)21-18(24)10-19(25)26/h5-8,11,23H,9-10H2,1-4H3,(H,21,24)(H,25,26). The Hall–Kier alpha value is -2.89. The number of aromatic hydroxyl groups is 1. The van der Waals surface area contributed by atoms with E-state index in [2.05, 4.69) is 10.3 Å². The molecule has 0 unspecified atom stereocenters. The van der Waals surface area contributed by atoms with Crippen LogP contribution in [0.4, 0.5) is 5.69 Å². The second kappa shape index (κ2) is 7.99. The van der Waals surface area contributed by atoms with Gasteiger partial charge in [0.05, 0.1) is 5.69 Å². The lowest BCUT2D eigenvalue weighted by molar-refractivity contribution is -0.139. The number of rotatable bonds is 6. The molecule has 0 aliphatic rings. The molecular weight excluding hydrogens is 332 g/mol. The van der Waals surface area contributed by atoms with Gasteiger partial charge in [-0.05, 0) is 60.7 Å². The van der Waals surface area contributed by atoms with E-state index in [0.29, 0.717) is 17.8 Å². The third-order valence-electron chi connectivity index (χ3n) is 4.16. The Morgan fingerprint density at radius 1 is 1.15 bits per heavy atom. The fourth-order valence-electron chi connectivity index (χ4n) is 2.90. The number of pyridine rings is 1. The van der Waals surface area contributed by atoms with Crippen LogP contribution in [-0.2, 0) is 16.0 Å². The van der Waals surface area contributed by atoms with Crippen LogP contribution in [0.3, 0.4) is 0 Å². The number of aliphatic carboxylic acids is 1. The number of aromatic nitrogens is 1. The highest BCUT2D eigenvalue weighted by molar-refractivity contribution is 6.01. The van der Waals surface area contributed by atoms with E-state index < -0.39 is 18.3 Å². The van der Waals surface area contributed by atoms with Crippen LogP contribution in [0.25, 0.3) is 0 Å². The zero-order valence-electron chi connectivity index (χ0n) is 15.5. The van der Waals surface area contributed by atoms with Gasteiger partial charge in [0.1, 0.15) is 12.2 Å². The van der Waals surface area contributed by atoms with E-state index in [4.69, 9.17) is 5.11 Å². The summed E-state index contributed by atoms with van der Waals surface area (Å²) in [6.07, 6.45) is 0.0519. The monoisotopic (exact) mass is 356 g/mol. The third-order valence-corrected chi connectivity index (χ3v) is 4.16. The van der Waals surface area contributed by atoms with Crippen molar-refractivity contribution in [3.63, 3.8) is 0 Å². The van der Waals surface area contributed by atoms with Crippen LogP contribution in [0.1, 0.15) is 54.3 Å². The van der Waals surface area contributed by atoms with Crippen LogP contribution < -0.4 is 5.32 Å². The van der Waals surface area contributed by atoms with Gasteiger partial charge in [-0.25, -0.2) is 0 Å². The number of hydrogen-bond donors (Lipinski definition) is 3. The van der Waals surface area contributed by atoms with E-state index >= 15 is 0 Å². The van der Waals surface area contributed by atoms with E-state index in [1.165, 1.54) is 0 Å². The van der Waals surface area contributed by atoms with Gasteiger partial charge in [-0.2, -0.15) is 0 Å². The topological polar surface area (TPSA) is 99.5 Å². The summed E-state index contributed by atoms with van der Waals surface area (Å²) in [6, 6.07) is 7.13. The minimum Gasteiger partial charge on any atom is -0.506 e. The van der Waals surface area contributed by atoms with Gasteiger partial charge in [0, 0.05) is 17.8 Å². The van der Waals surface area contributed by atoms with Gasteiger partial charge in [-0.3, -0.25) is 14.6 Å². The number of carboxylic acid groups (broad SMARTS) is 1. The smallest absolute Gasteiger partial charge is 0.312 e. The van der Waals surface area contributed by atoms with Gasteiger partial charge in [-0.1, -0.05) is 13.8 Å². The van der Waals surface area contributed by atoms with Crippen molar-refractivity contribution < 1.29 is 19.8 Å². The Bertz CT molecular complexity index is 821. The second-order valence-corrected chi connectivity index (χ2v) is 6.75. The van der Waals surface area contributed by atoms with Crippen molar-refractivity contribution in [1.82, 2.24) is 4.98 Å². The SMILES string of the molecule is Cc1cc(NC(=O)CC(=O)O)cc(C)c1Cc1ccc(O)c(C(C)C)n1. The molecule has 6 heteroatoms. The molecule has 0 fully saturated rings. The molecule has 138 valence electrons. The first-order valence-electron chi connectivity index (χ1n) is 8.48. The first-order valence-corrected chi connectivity index (χ1v) is 8.48. The second-order valence-electron chi connectivity index (χ2n) is 6.75. The van der Waals surface area contributed by atoms with Crippen molar-refractivity contribution in [1.29, 1.82) is 0 Å². The molecule has 1 aromatic carbocycles. The van der Waals surface area contributed by atoms with E-state index in [9.17, 15) is 14.7 Å². The maximum Gasteiger partial charge on any atom is 0.312 e. The summed E-state index contributed by atoms with van der Waals surface area (Å²) in [5.41, 5.74) is 5.18. The molecule has 0 radical (unpaired) electrons. The van der Waals surface area contributed by atoms with Crippen LogP contribution in [0, 0.1) is 13.8 Å². The number of carboxylic acids is 1. The molecule has 0 aliphatic heterocycles. The van der Waals surface area contributed by atoms with E-state index in [1.807, 2.05) is 45.9 Å². The number of benzene rings is 1.